The number of methoxy groups -OCH3 is 1. The van der Waals surface area contributed by atoms with E-state index in [0.717, 1.165) is 47.4 Å². The molecule has 0 aliphatic heterocycles. The van der Waals surface area contributed by atoms with Crippen molar-refractivity contribution in [2.45, 2.75) is 58.4 Å². The summed E-state index contributed by atoms with van der Waals surface area (Å²) in [4.78, 5) is 8.89. The number of nitrogen functional groups attached to an aromatic ring is 1. The average Bonchev–Trinajstić information content (AvgIpc) is 3.28. The standard InChI is InChI=1S/C22H32N8O2/c1-4-5-6-17(9-10-31)25-21-18(14(2)24-22(23)26-21)13-16-11-15(7-8-19(16)32-3)12-20-27-29-30-28-20/h7-8,11,17,31H,4-6,9-10,12-13H2,1-3H3,(H3,23,24,25,26)(H,27,28,29,30). The molecule has 1 aromatic carbocycles. The molecule has 10 nitrogen and oxygen atoms in total. The molecule has 1 atom stereocenters. The average molecular weight is 441 g/mol. The summed E-state index contributed by atoms with van der Waals surface area (Å²) in [5, 5.41) is 27.2. The molecule has 10 heteroatoms. The van der Waals surface area contributed by atoms with Crippen LogP contribution in [0, 0.1) is 6.92 Å². The van der Waals surface area contributed by atoms with Crippen LogP contribution in [0.25, 0.3) is 0 Å². The van der Waals surface area contributed by atoms with E-state index in [2.05, 4.69) is 48.9 Å². The van der Waals surface area contributed by atoms with Crippen molar-refractivity contribution in [2.75, 3.05) is 24.8 Å². The maximum Gasteiger partial charge on any atom is 0.222 e. The van der Waals surface area contributed by atoms with Gasteiger partial charge in [0.25, 0.3) is 0 Å². The van der Waals surface area contributed by atoms with Crippen LogP contribution in [-0.4, -0.2) is 55.5 Å². The first-order chi connectivity index (χ1) is 15.5. The summed E-state index contributed by atoms with van der Waals surface area (Å²) in [6, 6.07) is 6.13. The van der Waals surface area contributed by atoms with Crippen LogP contribution in [0.15, 0.2) is 18.2 Å². The van der Waals surface area contributed by atoms with E-state index in [1.807, 2.05) is 19.1 Å². The molecule has 5 N–H and O–H groups in total. The maximum absolute atomic E-state index is 9.50. The second-order valence-corrected chi connectivity index (χ2v) is 7.82. The fraction of sp³-hybridized carbons (Fsp3) is 0.500. The number of aromatic amines is 1. The van der Waals surface area contributed by atoms with Gasteiger partial charge in [0.15, 0.2) is 5.82 Å². The molecule has 32 heavy (non-hydrogen) atoms. The largest absolute Gasteiger partial charge is 0.496 e. The lowest BCUT2D eigenvalue weighted by atomic mass is 9.99. The number of anilines is 2. The van der Waals surface area contributed by atoms with E-state index < -0.39 is 0 Å². The van der Waals surface area contributed by atoms with Gasteiger partial charge in [-0.25, -0.2) is 4.98 Å². The number of nitrogens with one attached hydrogen (secondary N) is 2. The summed E-state index contributed by atoms with van der Waals surface area (Å²) in [6.45, 7) is 4.20. The summed E-state index contributed by atoms with van der Waals surface area (Å²) in [7, 11) is 1.66. The first-order valence-electron chi connectivity index (χ1n) is 10.9. The fourth-order valence-corrected chi connectivity index (χ4v) is 3.75. The first kappa shape index (κ1) is 23.4. The number of rotatable bonds is 12. The summed E-state index contributed by atoms with van der Waals surface area (Å²) >= 11 is 0. The van der Waals surface area contributed by atoms with Crippen LogP contribution in [0.5, 0.6) is 5.75 Å². The van der Waals surface area contributed by atoms with E-state index >= 15 is 0 Å². The molecule has 0 saturated heterocycles. The van der Waals surface area contributed by atoms with Crippen molar-refractivity contribution in [1.29, 1.82) is 0 Å². The van der Waals surface area contributed by atoms with Gasteiger partial charge in [0, 0.05) is 36.7 Å². The lowest BCUT2D eigenvalue weighted by molar-refractivity contribution is 0.276. The predicted octanol–water partition coefficient (Wildman–Crippen LogP) is 2.42. The van der Waals surface area contributed by atoms with Crippen molar-refractivity contribution in [1.82, 2.24) is 30.6 Å². The maximum atomic E-state index is 9.50. The van der Waals surface area contributed by atoms with Crippen molar-refractivity contribution in [3.05, 3.63) is 46.4 Å². The number of ether oxygens (including phenoxy) is 1. The van der Waals surface area contributed by atoms with Gasteiger partial charge in [0.1, 0.15) is 11.6 Å². The topological polar surface area (TPSA) is 148 Å². The number of aliphatic hydroxyl groups excluding tert-OH is 1. The third kappa shape index (κ3) is 6.13. The smallest absolute Gasteiger partial charge is 0.222 e. The Morgan fingerprint density at radius 1 is 1.22 bits per heavy atom. The van der Waals surface area contributed by atoms with Gasteiger partial charge in [0.05, 0.1) is 7.11 Å². The van der Waals surface area contributed by atoms with Crippen LogP contribution >= 0.6 is 0 Å². The highest BCUT2D eigenvalue weighted by atomic mass is 16.5. The minimum Gasteiger partial charge on any atom is -0.496 e. The highest BCUT2D eigenvalue weighted by Crippen LogP contribution is 2.29. The normalized spacial score (nSPS) is 12.0. The van der Waals surface area contributed by atoms with Gasteiger partial charge in [0.2, 0.25) is 5.95 Å². The number of nitrogens with two attached hydrogens (primary N) is 1. The number of aryl methyl sites for hydroxylation is 1. The van der Waals surface area contributed by atoms with Gasteiger partial charge in [-0.2, -0.15) is 10.2 Å². The van der Waals surface area contributed by atoms with Crippen LogP contribution in [0.1, 0.15) is 60.8 Å². The molecule has 3 rings (SSSR count). The van der Waals surface area contributed by atoms with E-state index in [1.165, 1.54) is 0 Å². The van der Waals surface area contributed by atoms with Gasteiger partial charge < -0.3 is 20.9 Å². The van der Waals surface area contributed by atoms with Crippen LogP contribution in [0.2, 0.25) is 0 Å². The summed E-state index contributed by atoms with van der Waals surface area (Å²) in [5.41, 5.74) is 9.78. The van der Waals surface area contributed by atoms with Gasteiger partial charge in [-0.3, -0.25) is 0 Å². The Hall–Kier alpha value is -3.27. The highest BCUT2D eigenvalue weighted by molar-refractivity contribution is 5.54. The van der Waals surface area contributed by atoms with E-state index in [-0.39, 0.29) is 18.6 Å². The zero-order valence-electron chi connectivity index (χ0n) is 18.9. The minimum absolute atomic E-state index is 0.110. The number of unbranched alkanes of at least 4 members (excludes halogenated alkanes) is 1. The zero-order valence-corrected chi connectivity index (χ0v) is 18.9. The summed E-state index contributed by atoms with van der Waals surface area (Å²) in [6.07, 6.45) is 4.88. The summed E-state index contributed by atoms with van der Waals surface area (Å²) in [5.74, 6) is 2.33. The number of tetrazole rings is 1. The molecule has 3 aromatic rings. The molecular weight excluding hydrogens is 408 g/mol. The molecule has 0 aliphatic rings. The van der Waals surface area contributed by atoms with Gasteiger partial charge >= 0.3 is 0 Å². The van der Waals surface area contributed by atoms with E-state index in [9.17, 15) is 5.11 Å². The third-order valence-electron chi connectivity index (χ3n) is 5.42. The molecule has 0 aliphatic carbocycles. The van der Waals surface area contributed by atoms with Crippen LogP contribution < -0.4 is 15.8 Å². The van der Waals surface area contributed by atoms with E-state index in [1.54, 1.807) is 7.11 Å². The van der Waals surface area contributed by atoms with Gasteiger partial charge in [-0.1, -0.05) is 37.1 Å². The third-order valence-corrected chi connectivity index (χ3v) is 5.42. The molecule has 0 fully saturated rings. The van der Waals surface area contributed by atoms with Crippen LogP contribution in [-0.2, 0) is 12.8 Å². The van der Waals surface area contributed by atoms with Crippen molar-refractivity contribution in [3.8, 4) is 5.75 Å². The van der Waals surface area contributed by atoms with Crippen molar-refractivity contribution >= 4 is 11.8 Å². The number of aromatic nitrogens is 6. The van der Waals surface area contributed by atoms with E-state index in [4.69, 9.17) is 10.5 Å². The molecule has 0 spiro atoms. The number of nitrogens with zero attached hydrogens (tertiary/aromatic N) is 5. The predicted molar refractivity (Wildman–Crippen MR) is 123 cm³/mol. The molecular formula is C22H32N8O2. The number of H-pyrrole nitrogens is 1. The second-order valence-electron chi connectivity index (χ2n) is 7.82. The van der Waals surface area contributed by atoms with Crippen LogP contribution in [0.3, 0.4) is 0 Å². The molecule has 1 unspecified atom stereocenters. The van der Waals surface area contributed by atoms with Gasteiger partial charge in [-0.05, 0) is 37.0 Å². The number of benzene rings is 1. The Labute approximate surface area is 188 Å². The van der Waals surface area contributed by atoms with Crippen LogP contribution in [0.4, 0.5) is 11.8 Å². The first-order valence-corrected chi connectivity index (χ1v) is 10.9. The molecule has 0 bridgehead atoms. The van der Waals surface area contributed by atoms with Crippen molar-refractivity contribution in [2.24, 2.45) is 0 Å². The second kappa shape index (κ2) is 11.4. The lowest BCUT2D eigenvalue weighted by Crippen LogP contribution is -2.23. The molecule has 2 aromatic heterocycles. The quantitative estimate of drug-likeness (QED) is 0.333. The molecule has 172 valence electrons. The monoisotopic (exact) mass is 440 g/mol. The Kier molecular flexibility index (Phi) is 8.32. The fourth-order valence-electron chi connectivity index (χ4n) is 3.75. The molecule has 0 radical (unpaired) electrons. The lowest BCUT2D eigenvalue weighted by Gasteiger charge is -2.22. The number of hydrogen-bond acceptors (Lipinski definition) is 9. The SMILES string of the molecule is CCCCC(CCO)Nc1nc(N)nc(C)c1Cc1cc(Cc2nn[nH]n2)ccc1OC. The number of aliphatic hydroxyl groups is 1. The summed E-state index contributed by atoms with van der Waals surface area (Å²) < 4.78 is 5.62. The van der Waals surface area contributed by atoms with E-state index in [0.29, 0.717) is 30.9 Å². The number of hydrogen-bond donors (Lipinski definition) is 4. The Morgan fingerprint density at radius 3 is 2.75 bits per heavy atom. The Balaban J connectivity index is 1.92. The van der Waals surface area contributed by atoms with Crippen molar-refractivity contribution in [3.63, 3.8) is 0 Å². The van der Waals surface area contributed by atoms with Gasteiger partial charge in [-0.15, -0.1) is 10.2 Å². The molecule has 2 heterocycles. The Bertz CT molecular complexity index is 994. The molecule has 0 amide bonds. The van der Waals surface area contributed by atoms with Crippen molar-refractivity contribution < 1.29 is 9.84 Å². The Morgan fingerprint density at radius 2 is 2.06 bits per heavy atom. The molecule has 0 saturated carbocycles. The highest BCUT2D eigenvalue weighted by Gasteiger charge is 2.18. The minimum atomic E-state index is 0.110. The zero-order chi connectivity index (χ0) is 22.9.